The molecule has 176 valence electrons. The van der Waals surface area contributed by atoms with Crippen molar-refractivity contribution in [3.05, 3.63) is 51.5 Å². The first-order valence-corrected chi connectivity index (χ1v) is 13.2. The fraction of sp³-hybridized carbons (Fsp3) is 0.593. The van der Waals surface area contributed by atoms with Crippen molar-refractivity contribution in [3.8, 4) is 0 Å². The van der Waals surface area contributed by atoms with Crippen molar-refractivity contribution in [2.75, 3.05) is 0 Å². The second-order valence-corrected chi connectivity index (χ2v) is 11.8. The number of amides is 2. The van der Waals surface area contributed by atoms with Gasteiger partial charge < -0.3 is 9.80 Å². The molecule has 5 rings (SSSR count). The first-order chi connectivity index (χ1) is 15.8. The van der Waals surface area contributed by atoms with E-state index in [1.807, 2.05) is 19.9 Å². The highest BCUT2D eigenvalue weighted by atomic mass is 32.1. The molecule has 2 bridgehead atoms. The molecule has 2 saturated heterocycles. The fourth-order valence-corrected chi connectivity index (χ4v) is 8.06. The van der Waals surface area contributed by atoms with Gasteiger partial charge in [0.2, 0.25) is 11.8 Å². The summed E-state index contributed by atoms with van der Waals surface area (Å²) in [5.41, 5.74) is 2.17. The summed E-state index contributed by atoms with van der Waals surface area (Å²) < 4.78 is 0. The molecule has 2 aliphatic heterocycles. The Kier molecular flexibility index (Phi) is 5.84. The van der Waals surface area contributed by atoms with Crippen LogP contribution in [0.2, 0.25) is 0 Å². The highest BCUT2D eigenvalue weighted by Gasteiger charge is 2.63. The molecule has 1 aromatic carbocycles. The second kappa shape index (κ2) is 8.53. The maximum absolute atomic E-state index is 14.1. The minimum atomic E-state index is -0.0334. The number of carbonyl (C=O) groups excluding carboxylic acids is 2. The summed E-state index contributed by atoms with van der Waals surface area (Å²) >= 11 is 1.64. The van der Waals surface area contributed by atoms with Crippen molar-refractivity contribution < 1.29 is 9.59 Å². The maximum atomic E-state index is 14.1. The number of aryl methyl sites for hydroxylation is 2. The average molecular weight is 466 g/mol. The Labute approximate surface area is 201 Å². The molecular formula is C27H35N3O2S. The van der Waals surface area contributed by atoms with Crippen LogP contribution in [0, 0.1) is 19.3 Å². The van der Waals surface area contributed by atoms with E-state index in [0.717, 1.165) is 54.1 Å². The van der Waals surface area contributed by atoms with Crippen LogP contribution in [0.3, 0.4) is 0 Å². The van der Waals surface area contributed by atoms with Gasteiger partial charge >= 0.3 is 0 Å². The number of benzene rings is 1. The number of carbonyl (C=O) groups is 2. The van der Waals surface area contributed by atoms with Gasteiger partial charge in [-0.25, -0.2) is 4.98 Å². The molecule has 3 aliphatic rings. The molecule has 0 spiro atoms. The number of hydrogen-bond donors (Lipinski definition) is 0. The van der Waals surface area contributed by atoms with Crippen LogP contribution in [-0.2, 0) is 22.4 Å². The van der Waals surface area contributed by atoms with Crippen LogP contribution < -0.4 is 0 Å². The molecule has 2 amide bonds. The van der Waals surface area contributed by atoms with Gasteiger partial charge in [0, 0.05) is 29.3 Å². The Hall–Kier alpha value is -2.21. The molecule has 3 fully saturated rings. The van der Waals surface area contributed by atoms with Gasteiger partial charge in [-0.2, -0.15) is 0 Å². The van der Waals surface area contributed by atoms with Gasteiger partial charge in [0.1, 0.15) is 0 Å². The van der Waals surface area contributed by atoms with Gasteiger partial charge in [0.25, 0.3) is 0 Å². The lowest BCUT2D eigenvalue weighted by atomic mass is 9.69. The SMILES string of the molecule is CC(=O)N1[C@H]2CCCC[C@H]3N(C(=O)Cc4sc(C)nc4C)[C@@H](Cc4ccccc4)[C@@H]1C[C@@]23C. The zero-order valence-corrected chi connectivity index (χ0v) is 21.0. The minimum Gasteiger partial charge on any atom is -0.334 e. The highest BCUT2D eigenvalue weighted by molar-refractivity contribution is 7.11. The van der Waals surface area contributed by atoms with Crippen molar-refractivity contribution in [2.45, 2.75) is 96.8 Å². The van der Waals surface area contributed by atoms with E-state index in [1.165, 1.54) is 5.56 Å². The van der Waals surface area contributed by atoms with E-state index >= 15 is 0 Å². The first-order valence-electron chi connectivity index (χ1n) is 12.4. The summed E-state index contributed by atoms with van der Waals surface area (Å²) in [6, 6.07) is 11.0. The smallest absolute Gasteiger partial charge is 0.228 e. The van der Waals surface area contributed by atoms with Gasteiger partial charge in [-0.3, -0.25) is 9.59 Å². The number of piperidine rings is 1. The number of thiazole rings is 1. The van der Waals surface area contributed by atoms with Crippen LogP contribution >= 0.6 is 11.3 Å². The van der Waals surface area contributed by atoms with Crippen LogP contribution in [0.1, 0.15) is 67.1 Å². The normalized spacial score (nSPS) is 30.9. The lowest BCUT2D eigenvalue weighted by molar-refractivity contribution is -0.144. The maximum Gasteiger partial charge on any atom is 0.228 e. The lowest BCUT2D eigenvalue weighted by Crippen LogP contribution is -2.62. The Balaban J connectivity index is 1.58. The largest absolute Gasteiger partial charge is 0.334 e. The van der Waals surface area contributed by atoms with Gasteiger partial charge in [0.15, 0.2) is 0 Å². The highest BCUT2D eigenvalue weighted by Crippen LogP contribution is 2.55. The van der Waals surface area contributed by atoms with Crippen molar-refractivity contribution in [1.82, 2.24) is 14.8 Å². The van der Waals surface area contributed by atoms with Crippen LogP contribution in [0.15, 0.2) is 30.3 Å². The summed E-state index contributed by atoms with van der Waals surface area (Å²) in [6.45, 7) is 8.09. The zero-order chi connectivity index (χ0) is 23.3. The fourth-order valence-electron chi connectivity index (χ4n) is 7.13. The van der Waals surface area contributed by atoms with Crippen LogP contribution in [0.4, 0.5) is 0 Å². The summed E-state index contributed by atoms with van der Waals surface area (Å²) in [6.07, 6.45) is 6.54. The molecule has 5 atom stereocenters. The van der Waals surface area contributed by atoms with Crippen molar-refractivity contribution >= 4 is 23.2 Å². The summed E-state index contributed by atoms with van der Waals surface area (Å²) in [5, 5.41) is 1.01. The van der Waals surface area contributed by atoms with Crippen molar-refractivity contribution in [3.63, 3.8) is 0 Å². The molecule has 0 unspecified atom stereocenters. The lowest BCUT2D eigenvalue weighted by Gasteiger charge is -2.51. The minimum absolute atomic E-state index is 0.0132. The zero-order valence-electron chi connectivity index (χ0n) is 20.2. The van der Waals surface area contributed by atoms with Gasteiger partial charge in [0.05, 0.1) is 29.2 Å². The van der Waals surface area contributed by atoms with E-state index < -0.39 is 0 Å². The number of fused-ring (bicyclic) bond motifs is 1. The third-order valence-electron chi connectivity index (χ3n) is 8.46. The van der Waals surface area contributed by atoms with E-state index in [4.69, 9.17) is 0 Å². The van der Waals surface area contributed by atoms with E-state index in [1.54, 1.807) is 18.3 Å². The van der Waals surface area contributed by atoms with Crippen molar-refractivity contribution in [2.24, 2.45) is 5.41 Å². The molecule has 2 aromatic rings. The Morgan fingerprint density at radius 1 is 1.09 bits per heavy atom. The van der Waals surface area contributed by atoms with Gasteiger partial charge in [-0.15, -0.1) is 11.3 Å². The summed E-state index contributed by atoms with van der Waals surface area (Å²) in [5.74, 6) is 0.366. The molecule has 1 aliphatic carbocycles. The molecule has 6 heteroatoms. The van der Waals surface area contributed by atoms with Crippen LogP contribution in [0.5, 0.6) is 0 Å². The summed E-state index contributed by atoms with van der Waals surface area (Å²) in [4.78, 5) is 37.1. The molecule has 3 heterocycles. The Bertz CT molecular complexity index is 1050. The third kappa shape index (κ3) is 3.80. The van der Waals surface area contributed by atoms with Crippen LogP contribution in [0.25, 0.3) is 0 Å². The number of aromatic nitrogens is 1. The van der Waals surface area contributed by atoms with Crippen LogP contribution in [-0.4, -0.2) is 50.8 Å². The Morgan fingerprint density at radius 3 is 2.36 bits per heavy atom. The van der Waals surface area contributed by atoms with Crippen molar-refractivity contribution in [1.29, 1.82) is 0 Å². The number of nitrogens with zero attached hydrogens (tertiary/aromatic N) is 3. The molecule has 0 N–H and O–H groups in total. The molecule has 33 heavy (non-hydrogen) atoms. The molecular weight excluding hydrogens is 430 g/mol. The monoisotopic (exact) mass is 465 g/mol. The topological polar surface area (TPSA) is 53.5 Å². The first kappa shape index (κ1) is 22.6. The molecule has 5 nitrogen and oxygen atoms in total. The number of likely N-dealkylation sites (tertiary alicyclic amines) is 2. The van der Waals surface area contributed by atoms with Gasteiger partial charge in [-0.1, -0.05) is 50.1 Å². The van der Waals surface area contributed by atoms with E-state index in [-0.39, 0.29) is 41.4 Å². The predicted molar refractivity (Wildman–Crippen MR) is 131 cm³/mol. The quantitative estimate of drug-likeness (QED) is 0.658. The molecule has 0 radical (unpaired) electrons. The van der Waals surface area contributed by atoms with Gasteiger partial charge in [-0.05, 0) is 45.1 Å². The van der Waals surface area contributed by atoms with E-state index in [0.29, 0.717) is 6.42 Å². The second-order valence-electron chi connectivity index (χ2n) is 10.5. The molecule has 1 saturated carbocycles. The molecule has 1 aromatic heterocycles. The Morgan fingerprint density at radius 2 is 1.76 bits per heavy atom. The number of hydrogen-bond acceptors (Lipinski definition) is 4. The van der Waals surface area contributed by atoms with E-state index in [2.05, 4.69) is 46.0 Å². The average Bonchev–Trinajstić information content (AvgIpc) is 3.16. The predicted octanol–water partition coefficient (Wildman–Crippen LogP) is 4.69. The number of rotatable bonds is 4. The standard InChI is InChI=1S/C27H35N3O2S/c1-17-23(33-18(2)28-17)15-26(32)30-21(14-20-10-6-5-7-11-20)22-16-27(4)24(29(22)19(3)31)12-8-9-13-25(27)30/h5-7,10-11,21-22,24-25H,8-9,12-16H2,1-4H3/t21-,22-,24-,25+,27-/m0/s1. The van der Waals surface area contributed by atoms with E-state index in [9.17, 15) is 9.59 Å². The summed E-state index contributed by atoms with van der Waals surface area (Å²) in [7, 11) is 0. The third-order valence-corrected chi connectivity index (χ3v) is 9.53.